The average Bonchev–Trinajstić information content (AvgIpc) is 1.98. The normalized spacial score (nSPS) is 12.2. The lowest BCUT2D eigenvalue weighted by Gasteiger charge is -2.11. The molecule has 0 heterocycles. The van der Waals surface area contributed by atoms with E-state index in [0.717, 1.165) is 0 Å². The van der Waals surface area contributed by atoms with E-state index in [1.165, 1.54) is 0 Å². The minimum absolute atomic E-state index is 0.0885. The molecule has 5 heteroatoms. The van der Waals surface area contributed by atoms with Crippen molar-refractivity contribution in [3.63, 3.8) is 0 Å². The van der Waals surface area contributed by atoms with Gasteiger partial charge in [0.05, 0.1) is 0 Å². The van der Waals surface area contributed by atoms with Crippen LogP contribution >= 0.6 is 11.6 Å². The molecular formula is C8H15ClN2O2. The number of halogens is 1. The Hall–Kier alpha value is -0.770. The molecule has 0 aliphatic rings. The zero-order valence-electron chi connectivity index (χ0n) is 7.68. The molecule has 3 N–H and O–H groups in total. The maximum Gasteiger partial charge on any atom is 0.220 e. The van der Waals surface area contributed by atoms with Crippen molar-refractivity contribution in [3.8, 4) is 0 Å². The van der Waals surface area contributed by atoms with Gasteiger partial charge in [0, 0.05) is 24.8 Å². The van der Waals surface area contributed by atoms with Crippen molar-refractivity contribution in [2.75, 3.05) is 5.88 Å². The van der Waals surface area contributed by atoms with Crippen molar-refractivity contribution in [1.29, 1.82) is 0 Å². The third-order valence-corrected chi connectivity index (χ3v) is 1.72. The first-order valence-electron chi connectivity index (χ1n) is 4.20. The second-order valence-electron chi connectivity index (χ2n) is 2.93. The molecule has 1 unspecified atom stereocenters. The minimum Gasteiger partial charge on any atom is -0.370 e. The Labute approximate surface area is 82.8 Å². The molecule has 0 aromatic rings. The third-order valence-electron chi connectivity index (χ3n) is 1.45. The van der Waals surface area contributed by atoms with E-state index >= 15 is 0 Å². The molecule has 0 saturated carbocycles. The van der Waals surface area contributed by atoms with E-state index in [1.54, 1.807) is 6.92 Å². The first-order chi connectivity index (χ1) is 6.06. The summed E-state index contributed by atoms with van der Waals surface area (Å²) >= 11 is 5.41. The molecule has 0 aliphatic heterocycles. The topological polar surface area (TPSA) is 72.2 Å². The highest BCUT2D eigenvalue weighted by Gasteiger charge is 2.08. The van der Waals surface area contributed by atoms with E-state index in [2.05, 4.69) is 5.32 Å². The van der Waals surface area contributed by atoms with Gasteiger partial charge in [-0.05, 0) is 13.3 Å². The van der Waals surface area contributed by atoms with Crippen molar-refractivity contribution in [2.24, 2.45) is 5.73 Å². The van der Waals surface area contributed by atoms with Gasteiger partial charge in [-0.1, -0.05) is 0 Å². The molecule has 2 amide bonds. The zero-order chi connectivity index (χ0) is 10.3. The number of amides is 2. The highest BCUT2D eigenvalue weighted by atomic mass is 35.5. The van der Waals surface area contributed by atoms with Crippen LogP contribution in [0.2, 0.25) is 0 Å². The van der Waals surface area contributed by atoms with Crippen molar-refractivity contribution < 1.29 is 9.59 Å². The SMILES string of the molecule is CC(CC(N)=O)NC(=O)CCCCl. The van der Waals surface area contributed by atoms with Gasteiger partial charge in [0.2, 0.25) is 11.8 Å². The molecule has 0 fully saturated rings. The van der Waals surface area contributed by atoms with Crippen LogP contribution in [0, 0.1) is 0 Å². The molecule has 0 rings (SSSR count). The Bertz CT molecular complexity index is 185. The zero-order valence-corrected chi connectivity index (χ0v) is 8.43. The molecule has 4 nitrogen and oxygen atoms in total. The molecule has 1 atom stereocenters. The smallest absolute Gasteiger partial charge is 0.220 e. The summed E-state index contributed by atoms with van der Waals surface area (Å²) in [5.74, 6) is -0.0306. The Morgan fingerprint density at radius 1 is 1.54 bits per heavy atom. The largest absolute Gasteiger partial charge is 0.370 e. The number of alkyl halides is 1. The highest BCUT2D eigenvalue weighted by molar-refractivity contribution is 6.17. The lowest BCUT2D eigenvalue weighted by Crippen LogP contribution is -2.35. The number of carbonyl (C=O) groups excluding carboxylic acids is 2. The number of carbonyl (C=O) groups is 2. The van der Waals surface area contributed by atoms with Crippen molar-refractivity contribution in [2.45, 2.75) is 32.2 Å². The second-order valence-corrected chi connectivity index (χ2v) is 3.31. The van der Waals surface area contributed by atoms with Gasteiger partial charge in [-0.15, -0.1) is 11.6 Å². The summed E-state index contributed by atoms with van der Waals surface area (Å²) in [7, 11) is 0. The third kappa shape index (κ3) is 7.59. The van der Waals surface area contributed by atoms with Crippen molar-refractivity contribution in [1.82, 2.24) is 5.32 Å². The van der Waals surface area contributed by atoms with Gasteiger partial charge in [0.1, 0.15) is 0 Å². The highest BCUT2D eigenvalue weighted by Crippen LogP contribution is 1.94. The maximum absolute atomic E-state index is 11.1. The molecule has 0 bridgehead atoms. The van der Waals surface area contributed by atoms with Crippen LogP contribution in [0.1, 0.15) is 26.2 Å². The predicted octanol–water partition coefficient (Wildman–Crippen LogP) is 0.385. The maximum atomic E-state index is 11.1. The number of hydrogen-bond acceptors (Lipinski definition) is 2. The van der Waals surface area contributed by atoms with Crippen molar-refractivity contribution >= 4 is 23.4 Å². The summed E-state index contributed by atoms with van der Waals surface area (Å²) in [6, 6.07) is -0.194. The second kappa shape index (κ2) is 6.71. The minimum atomic E-state index is -0.412. The Balaban J connectivity index is 3.59. The van der Waals surface area contributed by atoms with Crippen LogP contribution in [0.15, 0.2) is 0 Å². The Morgan fingerprint density at radius 3 is 2.62 bits per heavy atom. The van der Waals surface area contributed by atoms with E-state index < -0.39 is 5.91 Å². The fraction of sp³-hybridized carbons (Fsp3) is 0.750. The number of nitrogens with two attached hydrogens (primary N) is 1. The summed E-state index contributed by atoms with van der Waals surface area (Å²) in [6.45, 7) is 1.74. The summed E-state index contributed by atoms with van der Waals surface area (Å²) < 4.78 is 0. The van der Waals surface area contributed by atoms with Gasteiger partial charge >= 0.3 is 0 Å². The van der Waals surface area contributed by atoms with Gasteiger partial charge in [-0.2, -0.15) is 0 Å². The summed E-state index contributed by atoms with van der Waals surface area (Å²) in [6.07, 6.45) is 1.22. The van der Waals surface area contributed by atoms with Crippen LogP contribution in [0.25, 0.3) is 0 Å². The van der Waals surface area contributed by atoms with E-state index in [4.69, 9.17) is 17.3 Å². The monoisotopic (exact) mass is 206 g/mol. The van der Waals surface area contributed by atoms with E-state index in [9.17, 15) is 9.59 Å². The standard InChI is InChI=1S/C8H15ClN2O2/c1-6(5-7(10)12)11-8(13)3-2-4-9/h6H,2-5H2,1H3,(H2,10,12)(H,11,13). The first-order valence-corrected chi connectivity index (χ1v) is 4.73. The van der Waals surface area contributed by atoms with Crippen LogP contribution in [-0.4, -0.2) is 23.7 Å². The summed E-state index contributed by atoms with van der Waals surface area (Å²) in [5, 5.41) is 2.65. The molecular weight excluding hydrogens is 192 g/mol. The molecule has 0 spiro atoms. The molecule has 0 aromatic heterocycles. The van der Waals surface area contributed by atoms with E-state index in [-0.39, 0.29) is 18.4 Å². The van der Waals surface area contributed by atoms with Gasteiger partial charge in [-0.3, -0.25) is 9.59 Å². The molecule has 13 heavy (non-hydrogen) atoms. The lowest BCUT2D eigenvalue weighted by atomic mass is 10.2. The molecule has 0 radical (unpaired) electrons. The molecule has 0 saturated heterocycles. The van der Waals surface area contributed by atoms with Crippen LogP contribution in [0.4, 0.5) is 0 Å². The van der Waals surface area contributed by atoms with Crippen molar-refractivity contribution in [3.05, 3.63) is 0 Å². The Kier molecular flexibility index (Phi) is 6.32. The summed E-state index contributed by atoms with van der Waals surface area (Å²) in [5.41, 5.74) is 4.96. The van der Waals surface area contributed by atoms with Gasteiger partial charge in [0.25, 0.3) is 0 Å². The number of primary amides is 1. The Morgan fingerprint density at radius 2 is 2.15 bits per heavy atom. The quantitative estimate of drug-likeness (QED) is 0.617. The molecule has 0 aromatic carbocycles. The molecule has 76 valence electrons. The van der Waals surface area contributed by atoms with E-state index in [1.807, 2.05) is 0 Å². The number of hydrogen-bond donors (Lipinski definition) is 2. The fourth-order valence-electron chi connectivity index (χ4n) is 0.927. The van der Waals surface area contributed by atoms with Crippen LogP contribution in [-0.2, 0) is 9.59 Å². The van der Waals surface area contributed by atoms with Gasteiger partial charge in [-0.25, -0.2) is 0 Å². The van der Waals surface area contributed by atoms with Crippen LogP contribution in [0.3, 0.4) is 0 Å². The number of rotatable bonds is 6. The van der Waals surface area contributed by atoms with Crippen LogP contribution in [0.5, 0.6) is 0 Å². The summed E-state index contributed by atoms with van der Waals surface area (Å²) in [4.78, 5) is 21.5. The predicted molar refractivity (Wildman–Crippen MR) is 51.4 cm³/mol. The average molecular weight is 207 g/mol. The number of nitrogens with one attached hydrogen (secondary N) is 1. The van der Waals surface area contributed by atoms with E-state index in [0.29, 0.717) is 18.7 Å². The van der Waals surface area contributed by atoms with Gasteiger partial charge in [0.15, 0.2) is 0 Å². The van der Waals surface area contributed by atoms with Gasteiger partial charge < -0.3 is 11.1 Å². The first kappa shape index (κ1) is 12.2. The fourth-order valence-corrected chi connectivity index (χ4v) is 1.06. The van der Waals surface area contributed by atoms with Crippen LogP contribution < -0.4 is 11.1 Å². The lowest BCUT2D eigenvalue weighted by molar-refractivity contribution is -0.122. The molecule has 0 aliphatic carbocycles.